The van der Waals surface area contributed by atoms with Crippen molar-refractivity contribution in [2.24, 2.45) is 0 Å². The van der Waals surface area contributed by atoms with Crippen LogP contribution in [-0.2, 0) is 6.54 Å². The van der Waals surface area contributed by atoms with E-state index in [1.807, 2.05) is 36.1 Å². The van der Waals surface area contributed by atoms with E-state index in [4.69, 9.17) is 4.74 Å². The molecule has 1 fully saturated rings. The number of nitrogens with zero attached hydrogens (tertiary/aromatic N) is 4. The maximum atomic E-state index is 12.5. The van der Waals surface area contributed by atoms with Crippen LogP contribution in [0.3, 0.4) is 0 Å². The van der Waals surface area contributed by atoms with E-state index in [2.05, 4.69) is 15.6 Å². The van der Waals surface area contributed by atoms with Crippen molar-refractivity contribution in [3.63, 3.8) is 0 Å². The number of piperazine rings is 1. The van der Waals surface area contributed by atoms with Gasteiger partial charge >= 0.3 is 0 Å². The van der Waals surface area contributed by atoms with Gasteiger partial charge in [-0.15, -0.1) is 5.10 Å². The molecule has 1 aromatic carbocycles. The third-order valence-electron chi connectivity index (χ3n) is 4.08. The highest BCUT2D eigenvalue weighted by atomic mass is 16.5. The predicted octanol–water partition coefficient (Wildman–Crippen LogP) is 0.689. The number of ether oxygens (including phenoxy) is 1. The van der Waals surface area contributed by atoms with Gasteiger partial charge in [0.1, 0.15) is 5.75 Å². The van der Waals surface area contributed by atoms with Crippen LogP contribution < -0.4 is 10.1 Å². The van der Waals surface area contributed by atoms with Crippen molar-refractivity contribution in [1.82, 2.24) is 25.2 Å². The summed E-state index contributed by atoms with van der Waals surface area (Å²) in [6.07, 6.45) is 0. The molecular weight excluding hydrogens is 294 g/mol. The minimum atomic E-state index is -0.0371. The van der Waals surface area contributed by atoms with Crippen LogP contribution in [-0.4, -0.2) is 59.1 Å². The van der Waals surface area contributed by atoms with Crippen LogP contribution in [0.15, 0.2) is 24.3 Å². The standard InChI is InChI=1S/C16H21N5O2/c1-12-15(16(22)20-9-7-17-8-10-20)18-19-21(12)11-13-3-5-14(23-2)6-4-13/h3-6,17H,7-11H2,1-2H3. The van der Waals surface area contributed by atoms with E-state index in [0.717, 1.165) is 30.1 Å². The molecule has 0 spiro atoms. The molecule has 0 radical (unpaired) electrons. The van der Waals surface area contributed by atoms with E-state index in [9.17, 15) is 4.79 Å². The molecule has 122 valence electrons. The number of amides is 1. The van der Waals surface area contributed by atoms with Gasteiger partial charge in [-0.05, 0) is 24.6 Å². The number of aromatic nitrogens is 3. The van der Waals surface area contributed by atoms with E-state index >= 15 is 0 Å². The molecule has 1 saturated heterocycles. The fraction of sp³-hybridized carbons (Fsp3) is 0.438. The fourth-order valence-electron chi connectivity index (χ4n) is 2.63. The molecule has 0 unspecified atom stereocenters. The van der Waals surface area contributed by atoms with E-state index in [0.29, 0.717) is 25.3 Å². The van der Waals surface area contributed by atoms with Gasteiger partial charge in [-0.1, -0.05) is 17.3 Å². The highest BCUT2D eigenvalue weighted by Crippen LogP contribution is 2.14. The Morgan fingerprint density at radius 1 is 1.26 bits per heavy atom. The lowest BCUT2D eigenvalue weighted by atomic mass is 10.2. The highest BCUT2D eigenvalue weighted by Gasteiger charge is 2.23. The summed E-state index contributed by atoms with van der Waals surface area (Å²) in [6, 6.07) is 7.79. The normalized spacial score (nSPS) is 14.8. The number of hydrogen-bond donors (Lipinski definition) is 1. The number of nitrogens with one attached hydrogen (secondary N) is 1. The Kier molecular flexibility index (Phi) is 4.57. The van der Waals surface area contributed by atoms with Crippen LogP contribution in [0.5, 0.6) is 5.75 Å². The molecule has 2 heterocycles. The third-order valence-corrected chi connectivity index (χ3v) is 4.08. The molecule has 0 aliphatic carbocycles. The SMILES string of the molecule is COc1ccc(Cn2nnc(C(=O)N3CCNCC3)c2C)cc1. The molecule has 2 aromatic rings. The van der Waals surface area contributed by atoms with Gasteiger partial charge in [-0.3, -0.25) is 4.79 Å². The summed E-state index contributed by atoms with van der Waals surface area (Å²) in [5.74, 6) is 0.781. The second-order valence-electron chi connectivity index (χ2n) is 5.57. The molecule has 7 heteroatoms. The zero-order valence-corrected chi connectivity index (χ0v) is 13.5. The first kappa shape index (κ1) is 15.5. The molecule has 1 aromatic heterocycles. The average molecular weight is 315 g/mol. The number of methoxy groups -OCH3 is 1. The second kappa shape index (κ2) is 6.78. The van der Waals surface area contributed by atoms with E-state index < -0.39 is 0 Å². The van der Waals surface area contributed by atoms with Crippen LogP contribution >= 0.6 is 0 Å². The minimum absolute atomic E-state index is 0.0371. The zero-order valence-electron chi connectivity index (χ0n) is 13.5. The first-order valence-corrected chi connectivity index (χ1v) is 7.72. The van der Waals surface area contributed by atoms with Crippen molar-refractivity contribution in [3.8, 4) is 5.75 Å². The predicted molar refractivity (Wildman–Crippen MR) is 85.6 cm³/mol. The molecular formula is C16H21N5O2. The number of hydrogen-bond acceptors (Lipinski definition) is 5. The highest BCUT2D eigenvalue weighted by molar-refractivity contribution is 5.93. The van der Waals surface area contributed by atoms with Crippen molar-refractivity contribution in [1.29, 1.82) is 0 Å². The Morgan fingerprint density at radius 3 is 2.61 bits per heavy atom. The van der Waals surface area contributed by atoms with Gasteiger partial charge in [0, 0.05) is 26.2 Å². The summed E-state index contributed by atoms with van der Waals surface area (Å²) >= 11 is 0. The van der Waals surface area contributed by atoms with Gasteiger partial charge in [0.2, 0.25) is 0 Å². The lowest BCUT2D eigenvalue weighted by Gasteiger charge is -2.26. The van der Waals surface area contributed by atoms with Crippen LogP contribution in [0.4, 0.5) is 0 Å². The number of carbonyl (C=O) groups is 1. The van der Waals surface area contributed by atoms with Crippen molar-refractivity contribution in [2.45, 2.75) is 13.5 Å². The van der Waals surface area contributed by atoms with Gasteiger partial charge in [-0.2, -0.15) is 0 Å². The van der Waals surface area contributed by atoms with Crippen molar-refractivity contribution >= 4 is 5.91 Å². The Morgan fingerprint density at radius 2 is 1.96 bits per heavy atom. The summed E-state index contributed by atoms with van der Waals surface area (Å²) in [4.78, 5) is 14.4. The summed E-state index contributed by atoms with van der Waals surface area (Å²) in [6.45, 7) is 5.54. The maximum Gasteiger partial charge on any atom is 0.276 e. The van der Waals surface area contributed by atoms with Gasteiger partial charge in [0.05, 0.1) is 19.3 Å². The number of benzene rings is 1. The summed E-state index contributed by atoms with van der Waals surface area (Å²) in [5, 5.41) is 11.5. The Hall–Kier alpha value is -2.41. The Bertz CT molecular complexity index is 674. The van der Waals surface area contributed by atoms with Gasteiger partial charge in [0.25, 0.3) is 5.91 Å². The molecule has 0 saturated carbocycles. The quantitative estimate of drug-likeness (QED) is 0.899. The van der Waals surface area contributed by atoms with Gasteiger partial charge < -0.3 is 15.0 Å². The van der Waals surface area contributed by atoms with E-state index in [-0.39, 0.29) is 5.91 Å². The van der Waals surface area contributed by atoms with Crippen molar-refractivity contribution < 1.29 is 9.53 Å². The van der Waals surface area contributed by atoms with E-state index in [1.54, 1.807) is 11.8 Å². The molecule has 1 amide bonds. The van der Waals surface area contributed by atoms with Crippen LogP contribution in [0, 0.1) is 6.92 Å². The van der Waals surface area contributed by atoms with Crippen molar-refractivity contribution in [3.05, 3.63) is 41.2 Å². The smallest absolute Gasteiger partial charge is 0.276 e. The monoisotopic (exact) mass is 315 g/mol. The van der Waals surface area contributed by atoms with Gasteiger partial charge in [-0.25, -0.2) is 4.68 Å². The summed E-state index contributed by atoms with van der Waals surface area (Å²) in [5.41, 5.74) is 2.32. The molecule has 1 aliphatic heterocycles. The molecule has 0 atom stereocenters. The second-order valence-corrected chi connectivity index (χ2v) is 5.57. The number of carbonyl (C=O) groups excluding carboxylic acids is 1. The molecule has 7 nitrogen and oxygen atoms in total. The van der Waals surface area contributed by atoms with E-state index in [1.165, 1.54) is 0 Å². The Balaban J connectivity index is 1.74. The topological polar surface area (TPSA) is 72.3 Å². The lowest BCUT2D eigenvalue weighted by molar-refractivity contribution is 0.0729. The largest absolute Gasteiger partial charge is 0.497 e. The van der Waals surface area contributed by atoms with Crippen LogP contribution in [0.1, 0.15) is 21.7 Å². The molecule has 3 rings (SSSR count). The minimum Gasteiger partial charge on any atom is -0.497 e. The van der Waals surface area contributed by atoms with Gasteiger partial charge in [0.15, 0.2) is 5.69 Å². The zero-order chi connectivity index (χ0) is 16.2. The molecule has 0 bridgehead atoms. The fourth-order valence-corrected chi connectivity index (χ4v) is 2.63. The first-order chi connectivity index (χ1) is 11.2. The Labute approximate surface area is 135 Å². The number of rotatable bonds is 4. The average Bonchev–Trinajstić information content (AvgIpc) is 2.96. The lowest BCUT2D eigenvalue weighted by Crippen LogP contribution is -2.46. The summed E-state index contributed by atoms with van der Waals surface area (Å²) < 4.78 is 6.92. The molecule has 23 heavy (non-hydrogen) atoms. The van der Waals surface area contributed by atoms with Crippen LogP contribution in [0.2, 0.25) is 0 Å². The third kappa shape index (κ3) is 3.34. The molecule has 1 aliphatic rings. The maximum absolute atomic E-state index is 12.5. The summed E-state index contributed by atoms with van der Waals surface area (Å²) in [7, 11) is 1.64. The molecule has 1 N–H and O–H groups in total. The van der Waals surface area contributed by atoms with Crippen LogP contribution in [0.25, 0.3) is 0 Å². The van der Waals surface area contributed by atoms with Crippen molar-refractivity contribution in [2.75, 3.05) is 33.3 Å². The first-order valence-electron chi connectivity index (χ1n) is 7.72.